The molecule has 0 saturated heterocycles. The number of allylic oxidation sites excluding steroid dienone is 5. The summed E-state index contributed by atoms with van der Waals surface area (Å²) >= 11 is 0. The van der Waals surface area contributed by atoms with Crippen molar-refractivity contribution in [2.75, 3.05) is 6.67 Å². The van der Waals surface area contributed by atoms with E-state index in [9.17, 15) is 22.0 Å². The van der Waals surface area contributed by atoms with Gasteiger partial charge in [0.15, 0.2) is 23.1 Å². The van der Waals surface area contributed by atoms with Crippen molar-refractivity contribution < 1.29 is 22.0 Å². The summed E-state index contributed by atoms with van der Waals surface area (Å²) in [5, 5.41) is 2.37. The molecule has 0 aromatic rings. The van der Waals surface area contributed by atoms with Crippen molar-refractivity contribution >= 4 is 0 Å². The second kappa shape index (κ2) is 4.61. The highest BCUT2D eigenvalue weighted by Crippen LogP contribution is 2.65. The highest BCUT2D eigenvalue weighted by molar-refractivity contribution is 5.57. The summed E-state index contributed by atoms with van der Waals surface area (Å²) in [7, 11) is 0. The molecule has 20 heavy (non-hydrogen) atoms. The van der Waals surface area contributed by atoms with Gasteiger partial charge in [-0.3, -0.25) is 0 Å². The van der Waals surface area contributed by atoms with E-state index >= 15 is 0 Å². The van der Waals surface area contributed by atoms with Gasteiger partial charge in [0.25, 0.3) is 0 Å². The molecule has 108 valence electrons. The van der Waals surface area contributed by atoms with Gasteiger partial charge < -0.3 is 5.32 Å². The lowest BCUT2D eigenvalue weighted by molar-refractivity contribution is 0.250. The number of hydrogen-bond acceptors (Lipinski definition) is 1. The lowest BCUT2D eigenvalue weighted by Crippen LogP contribution is -2.42. The molecule has 0 aromatic heterocycles. The SMILES string of the molecule is C=C/C=C\C(=C)NC12CC1(F)C(CF)=C(F)C(F)=C2F. The van der Waals surface area contributed by atoms with Gasteiger partial charge in [-0.25, -0.2) is 22.0 Å². The van der Waals surface area contributed by atoms with Crippen LogP contribution in [0.5, 0.6) is 0 Å². The fraction of sp³-hybridized carbons (Fsp3) is 0.286. The average molecular weight is 289 g/mol. The molecule has 0 bridgehead atoms. The van der Waals surface area contributed by atoms with Crippen molar-refractivity contribution in [3.63, 3.8) is 0 Å². The predicted molar refractivity (Wildman–Crippen MR) is 66.2 cm³/mol. The number of nitrogens with one attached hydrogen (secondary N) is 1. The molecule has 0 aliphatic heterocycles. The van der Waals surface area contributed by atoms with Crippen LogP contribution in [0.4, 0.5) is 22.0 Å². The third-order valence-electron chi connectivity index (χ3n) is 3.50. The number of halogens is 5. The van der Waals surface area contributed by atoms with E-state index in [2.05, 4.69) is 18.5 Å². The first-order chi connectivity index (χ1) is 9.34. The molecule has 2 aliphatic rings. The van der Waals surface area contributed by atoms with Crippen LogP contribution in [0, 0.1) is 0 Å². The van der Waals surface area contributed by atoms with Crippen LogP contribution < -0.4 is 5.32 Å². The van der Waals surface area contributed by atoms with Gasteiger partial charge in [-0.05, 0) is 6.08 Å². The van der Waals surface area contributed by atoms with Gasteiger partial charge >= 0.3 is 0 Å². The van der Waals surface area contributed by atoms with Crippen LogP contribution >= 0.6 is 0 Å². The molecule has 0 amide bonds. The summed E-state index contributed by atoms with van der Waals surface area (Å²) in [5.41, 5.74) is -5.66. The van der Waals surface area contributed by atoms with Crippen molar-refractivity contribution in [2.24, 2.45) is 0 Å². The predicted octanol–water partition coefficient (Wildman–Crippen LogP) is 4.04. The molecule has 2 aliphatic carbocycles. The van der Waals surface area contributed by atoms with Gasteiger partial charge in [-0.1, -0.05) is 25.3 Å². The van der Waals surface area contributed by atoms with Crippen LogP contribution in [0.2, 0.25) is 0 Å². The molecule has 1 saturated carbocycles. The van der Waals surface area contributed by atoms with E-state index in [-0.39, 0.29) is 5.70 Å². The van der Waals surface area contributed by atoms with Crippen molar-refractivity contribution in [3.8, 4) is 0 Å². The second-order valence-corrected chi connectivity index (χ2v) is 4.68. The topological polar surface area (TPSA) is 12.0 Å². The minimum Gasteiger partial charge on any atom is -0.371 e. The van der Waals surface area contributed by atoms with Crippen LogP contribution in [0.1, 0.15) is 6.42 Å². The van der Waals surface area contributed by atoms with Crippen LogP contribution in [-0.2, 0) is 0 Å². The minimum atomic E-state index is -2.61. The first-order valence-corrected chi connectivity index (χ1v) is 5.80. The van der Waals surface area contributed by atoms with Gasteiger partial charge in [0.1, 0.15) is 12.2 Å². The highest BCUT2D eigenvalue weighted by atomic mass is 19.2. The fourth-order valence-electron chi connectivity index (χ4n) is 2.39. The molecule has 0 aromatic carbocycles. The summed E-state index contributed by atoms with van der Waals surface area (Å²) in [4.78, 5) is 0. The van der Waals surface area contributed by atoms with E-state index in [1.807, 2.05) is 0 Å². The maximum absolute atomic E-state index is 14.5. The van der Waals surface area contributed by atoms with Gasteiger partial charge in [0.05, 0.1) is 0 Å². The van der Waals surface area contributed by atoms with E-state index in [0.717, 1.165) is 0 Å². The Bertz CT molecular complexity index is 574. The van der Waals surface area contributed by atoms with Crippen LogP contribution in [0.15, 0.2) is 60.1 Å². The van der Waals surface area contributed by atoms with Crippen LogP contribution in [-0.4, -0.2) is 17.9 Å². The normalized spacial score (nSPS) is 32.5. The van der Waals surface area contributed by atoms with E-state index < -0.39 is 47.4 Å². The van der Waals surface area contributed by atoms with Crippen molar-refractivity contribution in [1.82, 2.24) is 5.32 Å². The van der Waals surface area contributed by atoms with Crippen molar-refractivity contribution in [3.05, 3.63) is 60.1 Å². The Balaban J connectivity index is 2.39. The first kappa shape index (κ1) is 14.6. The summed E-state index contributed by atoms with van der Waals surface area (Å²) < 4.78 is 67.9. The summed E-state index contributed by atoms with van der Waals surface area (Å²) in [5.74, 6) is -5.27. The summed E-state index contributed by atoms with van der Waals surface area (Å²) in [6.07, 6.45) is 3.62. The molecule has 0 spiro atoms. The Kier molecular flexibility index (Phi) is 3.36. The zero-order chi connectivity index (χ0) is 15.1. The maximum atomic E-state index is 14.5. The molecule has 2 atom stereocenters. The highest BCUT2D eigenvalue weighted by Gasteiger charge is 2.77. The Morgan fingerprint density at radius 2 is 1.95 bits per heavy atom. The number of hydrogen-bond donors (Lipinski definition) is 1. The third-order valence-corrected chi connectivity index (χ3v) is 3.50. The summed E-state index contributed by atoms with van der Waals surface area (Å²) in [6.45, 7) is 5.37. The summed E-state index contributed by atoms with van der Waals surface area (Å²) in [6, 6.07) is 0. The van der Waals surface area contributed by atoms with E-state index in [1.54, 1.807) is 0 Å². The van der Waals surface area contributed by atoms with Gasteiger partial charge in [-0.15, -0.1) is 0 Å². The van der Waals surface area contributed by atoms with Gasteiger partial charge in [0, 0.05) is 17.7 Å². The molecular weight excluding hydrogens is 277 g/mol. The Morgan fingerprint density at radius 3 is 2.50 bits per heavy atom. The lowest BCUT2D eigenvalue weighted by Gasteiger charge is -2.26. The molecule has 2 rings (SSSR count). The monoisotopic (exact) mass is 289 g/mol. The number of alkyl halides is 2. The molecule has 2 unspecified atom stereocenters. The van der Waals surface area contributed by atoms with Gasteiger partial charge in [-0.2, -0.15) is 0 Å². The largest absolute Gasteiger partial charge is 0.371 e. The minimum absolute atomic E-state index is 0.0768. The first-order valence-electron chi connectivity index (χ1n) is 5.80. The van der Waals surface area contributed by atoms with E-state index in [1.165, 1.54) is 18.2 Å². The Hall–Kier alpha value is -1.85. The molecule has 0 heterocycles. The smallest absolute Gasteiger partial charge is 0.192 e. The number of rotatable bonds is 5. The zero-order valence-corrected chi connectivity index (χ0v) is 10.5. The molecule has 1 N–H and O–H groups in total. The maximum Gasteiger partial charge on any atom is 0.192 e. The number of fused-ring (bicyclic) bond motifs is 1. The molecule has 0 radical (unpaired) electrons. The lowest BCUT2D eigenvalue weighted by atomic mass is 9.96. The van der Waals surface area contributed by atoms with E-state index in [0.29, 0.717) is 0 Å². The Morgan fingerprint density at radius 1 is 1.30 bits per heavy atom. The molecule has 1 fully saturated rings. The fourth-order valence-corrected chi connectivity index (χ4v) is 2.39. The van der Waals surface area contributed by atoms with Crippen LogP contribution in [0.25, 0.3) is 0 Å². The molecular formula is C14H12F5N. The zero-order valence-electron chi connectivity index (χ0n) is 10.5. The second-order valence-electron chi connectivity index (χ2n) is 4.68. The Labute approximate surface area is 112 Å². The average Bonchev–Trinajstić information content (AvgIpc) is 3.01. The van der Waals surface area contributed by atoms with E-state index in [4.69, 9.17) is 0 Å². The third kappa shape index (κ3) is 1.74. The standard InChI is InChI=1S/C14H12F5N/c1-3-4-5-8(2)20-14-7-13(14,19)9(6-15)10(16)11(17)12(14)18/h3-5,20H,1-2,6-7H2/b5-4-. The molecule has 6 heteroatoms. The quantitative estimate of drug-likeness (QED) is 0.595. The van der Waals surface area contributed by atoms with Crippen molar-refractivity contribution in [1.29, 1.82) is 0 Å². The van der Waals surface area contributed by atoms with Crippen LogP contribution in [0.3, 0.4) is 0 Å². The van der Waals surface area contributed by atoms with Crippen molar-refractivity contribution in [2.45, 2.75) is 17.6 Å². The van der Waals surface area contributed by atoms with Gasteiger partial charge in [0.2, 0.25) is 0 Å². The molecule has 1 nitrogen and oxygen atoms in total.